The first-order valence-electron chi connectivity index (χ1n) is 0.908. The molecule has 0 aromatic carbocycles. The van der Waals surface area contributed by atoms with Crippen LogP contribution in [-0.2, 0) is 36.3 Å². The predicted octanol–water partition coefficient (Wildman–Crippen LogP) is -0.977. The van der Waals surface area contributed by atoms with Gasteiger partial charge in [-0.2, -0.15) is 0 Å². The van der Waals surface area contributed by atoms with E-state index in [0.717, 1.165) is 0 Å². The fourth-order valence-corrected chi connectivity index (χ4v) is 0. The second kappa shape index (κ2) is 9.32. The van der Waals surface area contributed by atoms with E-state index in [1.54, 1.807) is 0 Å². The predicted molar refractivity (Wildman–Crippen MR) is 9.19 cm³/mol. The normalized spacial score (nSPS) is 4.57. The van der Waals surface area contributed by atoms with Gasteiger partial charge in [-0.1, -0.05) is 0 Å². The van der Waals surface area contributed by atoms with Gasteiger partial charge in [0.15, 0.2) is 0 Å². The second-order valence-electron chi connectivity index (χ2n) is 0.287. The monoisotopic (exact) mass is 206 g/mol. The van der Waals surface area contributed by atoms with Crippen LogP contribution in [0.2, 0.25) is 0 Å². The first-order valence-corrected chi connectivity index (χ1v) is 4.18. The summed E-state index contributed by atoms with van der Waals surface area (Å²) in [7, 11) is -1.42. The van der Waals surface area contributed by atoms with E-state index >= 15 is 0 Å². The molecule has 0 unspecified atom stereocenters. The van der Waals surface area contributed by atoms with E-state index in [2.05, 4.69) is 0 Å². The molecule has 0 radical (unpaired) electrons. The van der Waals surface area contributed by atoms with Gasteiger partial charge in [0, 0.05) is 0 Å². The number of rotatable bonds is 0. The van der Waals surface area contributed by atoms with Crippen molar-refractivity contribution in [1.29, 1.82) is 0 Å². The molecular weight excluding hydrogens is 204 g/mol. The molecule has 0 atom stereocenters. The summed E-state index contributed by atoms with van der Waals surface area (Å²) in [5.41, 5.74) is 0. The Morgan fingerprint density at radius 3 is 1.00 bits per heavy atom. The Hall–Kier alpha value is -0.0948. The average molecular weight is 204 g/mol. The summed E-state index contributed by atoms with van der Waals surface area (Å²) in [4.78, 5) is 0. The minimum atomic E-state index is -4.11. The Labute approximate surface area is 46.1 Å². The second-order valence-corrected chi connectivity index (χ2v) is 1.46. The summed E-state index contributed by atoms with van der Waals surface area (Å²) in [5, 5.41) is 0. The minimum absolute atomic E-state index is 1.42. The molecule has 0 aliphatic rings. The topological polar surface area (TPSA) is 85.3 Å². The fourth-order valence-electron chi connectivity index (χ4n) is 0. The Kier molecular flexibility index (Phi) is 13.3. The molecule has 0 rings (SSSR count). The van der Waals surface area contributed by atoms with Crippen LogP contribution in [0.1, 0.15) is 0 Å². The van der Waals surface area contributed by atoms with Crippen molar-refractivity contribution in [2.24, 2.45) is 0 Å². The Bertz CT molecular complexity index is 135. The van der Waals surface area contributed by atoms with Crippen LogP contribution in [0.5, 0.6) is 0 Å². The molecule has 0 aromatic rings. The summed E-state index contributed by atoms with van der Waals surface area (Å²) < 4.78 is 42.6. The van der Waals surface area contributed by atoms with E-state index in [1.807, 2.05) is 0 Å². The quantitative estimate of drug-likeness (QED) is 0.473. The SMILES string of the molecule is O=[Si]=O.[O]=[Mo](=[O])=[O]. The Balaban J connectivity index is 0. The van der Waals surface area contributed by atoms with Gasteiger partial charge < -0.3 is 0 Å². The Morgan fingerprint density at radius 1 is 1.00 bits per heavy atom. The molecule has 0 saturated carbocycles. The van der Waals surface area contributed by atoms with Gasteiger partial charge >= 0.3 is 36.7 Å². The van der Waals surface area contributed by atoms with E-state index in [0.29, 0.717) is 0 Å². The molecule has 0 heterocycles. The van der Waals surface area contributed by atoms with Gasteiger partial charge in [0.25, 0.3) is 0 Å². The standard InChI is InChI=1S/Mo.O2Si.3O/c;1-3-2;;;. The van der Waals surface area contributed by atoms with E-state index < -0.39 is 26.5 Å². The van der Waals surface area contributed by atoms with Gasteiger partial charge in [-0.3, -0.25) is 8.92 Å². The molecule has 0 spiro atoms. The van der Waals surface area contributed by atoms with Crippen molar-refractivity contribution in [3.05, 3.63) is 0 Å². The van der Waals surface area contributed by atoms with Crippen LogP contribution in [-0.4, -0.2) is 9.29 Å². The third kappa shape index (κ3) is 10000. The van der Waals surface area contributed by atoms with Crippen molar-refractivity contribution < 1.29 is 36.3 Å². The molecule has 0 aromatic heterocycles. The van der Waals surface area contributed by atoms with Crippen LogP contribution in [0, 0.1) is 0 Å². The zero-order valence-corrected chi connectivity index (χ0v) is 5.96. The van der Waals surface area contributed by atoms with Gasteiger partial charge in [0.05, 0.1) is 0 Å². The summed E-state index contributed by atoms with van der Waals surface area (Å²) in [6, 6.07) is 0. The third-order valence-electron chi connectivity index (χ3n) is 0. The van der Waals surface area contributed by atoms with Crippen LogP contribution in [0.3, 0.4) is 0 Å². The molecule has 0 saturated heterocycles. The molecule has 7 heteroatoms. The summed E-state index contributed by atoms with van der Waals surface area (Å²) in [5.74, 6) is 0. The molecule has 0 aliphatic heterocycles. The van der Waals surface area contributed by atoms with Gasteiger partial charge in [0.1, 0.15) is 0 Å². The first-order chi connectivity index (χ1) is 3.15. The van der Waals surface area contributed by atoms with Crippen molar-refractivity contribution >= 4 is 9.29 Å². The van der Waals surface area contributed by atoms with Gasteiger partial charge in [-0.15, -0.1) is 0 Å². The van der Waals surface area contributed by atoms with Crippen LogP contribution < -0.4 is 0 Å². The maximum atomic E-state index is 8.59. The molecule has 0 aliphatic carbocycles. The molecule has 40 valence electrons. The molecule has 0 amide bonds. The van der Waals surface area contributed by atoms with E-state index in [9.17, 15) is 0 Å². The van der Waals surface area contributed by atoms with Crippen LogP contribution in [0.25, 0.3) is 0 Å². The van der Waals surface area contributed by atoms with E-state index in [1.165, 1.54) is 0 Å². The van der Waals surface area contributed by atoms with E-state index in [4.69, 9.17) is 19.1 Å². The van der Waals surface area contributed by atoms with Crippen molar-refractivity contribution in [2.45, 2.75) is 0 Å². The fraction of sp³-hybridized carbons (Fsp3) is 0. The van der Waals surface area contributed by atoms with Crippen molar-refractivity contribution in [3.63, 3.8) is 0 Å². The van der Waals surface area contributed by atoms with Crippen molar-refractivity contribution in [1.82, 2.24) is 0 Å². The average Bonchev–Trinajstić information content (AvgIpc) is 1.33. The third-order valence-corrected chi connectivity index (χ3v) is 0. The summed E-state index contributed by atoms with van der Waals surface area (Å²) in [6.45, 7) is 0. The summed E-state index contributed by atoms with van der Waals surface area (Å²) >= 11 is -4.11. The molecule has 5 nitrogen and oxygen atoms in total. The molecule has 0 bridgehead atoms. The molecule has 7 heavy (non-hydrogen) atoms. The van der Waals surface area contributed by atoms with Crippen LogP contribution in [0.4, 0.5) is 0 Å². The van der Waals surface area contributed by atoms with Gasteiger partial charge in [-0.25, -0.2) is 0 Å². The Morgan fingerprint density at radius 2 is 1.00 bits per heavy atom. The van der Waals surface area contributed by atoms with Gasteiger partial charge in [-0.05, 0) is 0 Å². The zero-order chi connectivity index (χ0) is 6.28. The number of hydrogen-bond acceptors (Lipinski definition) is 5. The van der Waals surface area contributed by atoms with Gasteiger partial charge in [0.2, 0.25) is 0 Å². The summed E-state index contributed by atoms with van der Waals surface area (Å²) in [6.07, 6.45) is 0. The van der Waals surface area contributed by atoms with Crippen LogP contribution >= 0.6 is 0 Å². The van der Waals surface area contributed by atoms with Crippen molar-refractivity contribution in [2.75, 3.05) is 0 Å². The van der Waals surface area contributed by atoms with E-state index in [-0.39, 0.29) is 0 Å². The molecular formula is MoO5Si. The molecule has 0 fully saturated rings. The first kappa shape index (κ1) is 10.0. The van der Waals surface area contributed by atoms with Crippen LogP contribution in [0.15, 0.2) is 0 Å². The van der Waals surface area contributed by atoms with Crippen molar-refractivity contribution in [3.8, 4) is 0 Å². The zero-order valence-electron chi connectivity index (χ0n) is 2.95. The molecule has 0 N–H and O–H groups in total. The number of hydrogen-bond donors (Lipinski definition) is 0. The maximum absolute atomic E-state index is 8.59.